The number of amides is 2. The third kappa shape index (κ3) is 4.84. The minimum atomic E-state index is -0.777. The maximum atomic E-state index is 11.6. The summed E-state index contributed by atoms with van der Waals surface area (Å²) in [4.78, 5) is 31.3. The Morgan fingerprint density at radius 2 is 2.10 bits per heavy atom. The monoisotopic (exact) mass is 300 g/mol. The van der Waals surface area contributed by atoms with Gasteiger partial charge in [0.15, 0.2) is 10.8 Å². The largest absolute Gasteiger partial charge is 0.444 e. The van der Waals surface area contributed by atoms with Crippen molar-refractivity contribution in [1.29, 1.82) is 0 Å². The number of oxime groups is 1. The number of anilines is 1. The van der Waals surface area contributed by atoms with E-state index in [1.54, 1.807) is 20.8 Å². The summed E-state index contributed by atoms with van der Waals surface area (Å²) in [6, 6.07) is 0. The van der Waals surface area contributed by atoms with E-state index in [-0.39, 0.29) is 16.5 Å². The molecule has 0 fully saturated rings. The van der Waals surface area contributed by atoms with Gasteiger partial charge in [0.1, 0.15) is 18.4 Å². The molecule has 0 aliphatic carbocycles. The SMILES string of the molecule is CO/N=C(\C(N)=O)c1csc(NC(=O)OC(C)(C)C)n1. The van der Waals surface area contributed by atoms with Crippen LogP contribution < -0.4 is 11.1 Å². The summed E-state index contributed by atoms with van der Waals surface area (Å²) in [7, 11) is 1.29. The predicted octanol–water partition coefficient (Wildman–Crippen LogP) is 1.33. The van der Waals surface area contributed by atoms with Crippen LogP contribution in [0.2, 0.25) is 0 Å². The van der Waals surface area contributed by atoms with E-state index in [4.69, 9.17) is 10.5 Å². The van der Waals surface area contributed by atoms with Crippen molar-refractivity contribution in [1.82, 2.24) is 4.98 Å². The predicted molar refractivity (Wildman–Crippen MR) is 74.7 cm³/mol. The van der Waals surface area contributed by atoms with Crippen LogP contribution in [0.4, 0.5) is 9.93 Å². The first-order valence-corrected chi connectivity index (χ1v) is 6.47. The van der Waals surface area contributed by atoms with Crippen LogP contribution >= 0.6 is 11.3 Å². The summed E-state index contributed by atoms with van der Waals surface area (Å²) in [5.41, 5.74) is 4.63. The number of carbonyl (C=O) groups excluding carboxylic acids is 2. The van der Waals surface area contributed by atoms with Crippen molar-refractivity contribution in [3.63, 3.8) is 0 Å². The van der Waals surface area contributed by atoms with E-state index in [1.807, 2.05) is 0 Å². The number of hydrogen-bond acceptors (Lipinski definition) is 7. The first kappa shape index (κ1) is 15.9. The van der Waals surface area contributed by atoms with Crippen molar-refractivity contribution in [3.8, 4) is 0 Å². The minimum absolute atomic E-state index is 0.124. The Balaban J connectivity index is 2.80. The number of carbonyl (C=O) groups is 2. The number of rotatable bonds is 4. The lowest BCUT2D eigenvalue weighted by Gasteiger charge is -2.18. The third-order valence-corrected chi connectivity index (χ3v) is 2.53. The lowest BCUT2D eigenvalue weighted by Crippen LogP contribution is -2.27. The minimum Gasteiger partial charge on any atom is -0.444 e. The van der Waals surface area contributed by atoms with Crippen LogP contribution in [0.1, 0.15) is 26.5 Å². The van der Waals surface area contributed by atoms with Crippen LogP contribution in [-0.2, 0) is 14.4 Å². The second kappa shape index (κ2) is 6.33. The van der Waals surface area contributed by atoms with E-state index in [1.165, 1.54) is 12.5 Å². The van der Waals surface area contributed by atoms with Gasteiger partial charge in [0, 0.05) is 5.38 Å². The Hall–Kier alpha value is -2.16. The van der Waals surface area contributed by atoms with Crippen molar-refractivity contribution < 1.29 is 19.2 Å². The van der Waals surface area contributed by atoms with Crippen molar-refractivity contribution in [2.75, 3.05) is 12.4 Å². The number of aromatic nitrogens is 1. The molecule has 0 atom stereocenters. The lowest BCUT2D eigenvalue weighted by molar-refractivity contribution is -0.112. The molecule has 1 heterocycles. The number of hydrogen-bond donors (Lipinski definition) is 2. The molecule has 8 nitrogen and oxygen atoms in total. The van der Waals surface area contributed by atoms with E-state index < -0.39 is 17.6 Å². The topological polar surface area (TPSA) is 116 Å². The number of nitrogens with two attached hydrogens (primary N) is 1. The number of nitrogens with zero attached hydrogens (tertiary/aromatic N) is 2. The Morgan fingerprint density at radius 1 is 1.45 bits per heavy atom. The summed E-state index contributed by atoms with van der Waals surface area (Å²) < 4.78 is 5.08. The lowest BCUT2D eigenvalue weighted by atomic mass is 10.2. The van der Waals surface area contributed by atoms with Gasteiger partial charge >= 0.3 is 6.09 Å². The summed E-state index contributed by atoms with van der Waals surface area (Å²) >= 11 is 1.11. The van der Waals surface area contributed by atoms with Crippen molar-refractivity contribution in [2.45, 2.75) is 26.4 Å². The van der Waals surface area contributed by atoms with Crippen LogP contribution in [0.25, 0.3) is 0 Å². The zero-order valence-electron chi connectivity index (χ0n) is 11.6. The maximum absolute atomic E-state index is 11.6. The average molecular weight is 300 g/mol. The van der Waals surface area contributed by atoms with Gasteiger partial charge in [-0.05, 0) is 20.8 Å². The Morgan fingerprint density at radius 3 is 2.60 bits per heavy atom. The average Bonchev–Trinajstić information content (AvgIpc) is 2.70. The van der Waals surface area contributed by atoms with E-state index in [0.717, 1.165) is 11.3 Å². The van der Waals surface area contributed by atoms with Gasteiger partial charge in [0.25, 0.3) is 5.91 Å². The quantitative estimate of drug-likeness (QED) is 0.642. The fourth-order valence-corrected chi connectivity index (χ4v) is 1.82. The summed E-state index contributed by atoms with van der Waals surface area (Å²) in [6.07, 6.45) is -0.636. The molecule has 1 rings (SSSR count). The molecule has 3 N–H and O–H groups in total. The van der Waals surface area contributed by atoms with Crippen LogP contribution in [0.15, 0.2) is 10.5 Å². The molecule has 1 aromatic rings. The third-order valence-electron chi connectivity index (χ3n) is 1.77. The van der Waals surface area contributed by atoms with Crippen LogP contribution in [0, 0.1) is 0 Å². The van der Waals surface area contributed by atoms with E-state index >= 15 is 0 Å². The Labute approximate surface area is 120 Å². The van der Waals surface area contributed by atoms with Gasteiger partial charge in [-0.2, -0.15) is 0 Å². The van der Waals surface area contributed by atoms with Gasteiger partial charge in [-0.25, -0.2) is 9.78 Å². The van der Waals surface area contributed by atoms with Crippen molar-refractivity contribution in [3.05, 3.63) is 11.1 Å². The molecule has 0 aliphatic heterocycles. The van der Waals surface area contributed by atoms with E-state index in [9.17, 15) is 9.59 Å². The van der Waals surface area contributed by atoms with Crippen LogP contribution in [-0.4, -0.2) is 35.4 Å². The molecule has 20 heavy (non-hydrogen) atoms. The molecule has 0 unspecified atom stereocenters. The van der Waals surface area contributed by atoms with Gasteiger partial charge in [-0.15, -0.1) is 11.3 Å². The van der Waals surface area contributed by atoms with Gasteiger partial charge in [0.05, 0.1) is 0 Å². The second-order valence-electron chi connectivity index (χ2n) is 4.65. The van der Waals surface area contributed by atoms with Crippen LogP contribution in [0.5, 0.6) is 0 Å². The highest BCUT2D eigenvalue weighted by molar-refractivity contribution is 7.14. The van der Waals surface area contributed by atoms with Gasteiger partial charge in [-0.1, -0.05) is 5.16 Å². The van der Waals surface area contributed by atoms with Crippen molar-refractivity contribution >= 4 is 34.2 Å². The Bertz CT molecular complexity index is 533. The van der Waals surface area contributed by atoms with Crippen LogP contribution in [0.3, 0.4) is 0 Å². The molecule has 0 aliphatic rings. The summed E-state index contributed by atoms with van der Waals surface area (Å²) in [5.74, 6) is -0.777. The fraction of sp³-hybridized carbons (Fsp3) is 0.455. The number of primary amides is 1. The molecule has 2 amide bonds. The molecule has 0 aromatic carbocycles. The second-order valence-corrected chi connectivity index (χ2v) is 5.51. The molecule has 9 heteroatoms. The summed E-state index contributed by atoms with van der Waals surface area (Å²) in [6.45, 7) is 5.24. The standard InChI is InChI=1S/C11H16N4O4S/c1-11(2,3)19-10(17)14-9-13-6(5-20-9)7(8(12)16)15-18-4/h5H,1-4H3,(H2,12,16)(H,13,14,17)/b15-7-. The maximum Gasteiger partial charge on any atom is 0.413 e. The van der Waals surface area contributed by atoms with Gasteiger partial charge < -0.3 is 15.3 Å². The molecule has 0 spiro atoms. The zero-order chi connectivity index (χ0) is 15.3. The van der Waals surface area contributed by atoms with Crippen molar-refractivity contribution in [2.24, 2.45) is 10.9 Å². The number of thiazole rings is 1. The smallest absolute Gasteiger partial charge is 0.413 e. The van der Waals surface area contributed by atoms with Gasteiger partial charge in [0.2, 0.25) is 0 Å². The Kier molecular flexibility index (Phi) is 5.03. The molecule has 0 saturated heterocycles. The highest BCUT2D eigenvalue weighted by Crippen LogP contribution is 2.17. The molecule has 0 bridgehead atoms. The molecular weight excluding hydrogens is 284 g/mol. The highest BCUT2D eigenvalue weighted by atomic mass is 32.1. The number of nitrogens with one attached hydrogen (secondary N) is 1. The number of ether oxygens (including phenoxy) is 1. The van der Waals surface area contributed by atoms with E-state index in [2.05, 4.69) is 20.3 Å². The summed E-state index contributed by atoms with van der Waals surface area (Å²) in [5, 5.41) is 7.73. The molecule has 110 valence electrons. The molecular formula is C11H16N4O4S. The normalized spacial score (nSPS) is 11.9. The molecule has 0 saturated carbocycles. The molecule has 1 aromatic heterocycles. The first-order chi connectivity index (χ1) is 9.23. The molecule has 0 radical (unpaired) electrons. The highest BCUT2D eigenvalue weighted by Gasteiger charge is 2.19. The first-order valence-electron chi connectivity index (χ1n) is 5.60. The zero-order valence-corrected chi connectivity index (χ0v) is 12.4. The van der Waals surface area contributed by atoms with Gasteiger partial charge in [-0.3, -0.25) is 10.1 Å². The fourth-order valence-electron chi connectivity index (χ4n) is 1.14. The van der Waals surface area contributed by atoms with E-state index in [0.29, 0.717) is 0 Å².